The Labute approximate surface area is 155 Å². The van der Waals surface area contributed by atoms with Crippen molar-refractivity contribution < 1.29 is 19.1 Å². The maximum absolute atomic E-state index is 11.8. The first kappa shape index (κ1) is 20.1. The Morgan fingerprint density at radius 3 is 2.39 bits per heavy atom. The van der Waals surface area contributed by atoms with Crippen molar-refractivity contribution >= 4 is 81.6 Å². The van der Waals surface area contributed by atoms with E-state index in [1.807, 2.05) is 0 Å². The zero-order valence-corrected chi connectivity index (χ0v) is 15.0. The number of halogens is 5. The number of pyridine rings is 1. The molecule has 0 aromatic carbocycles. The van der Waals surface area contributed by atoms with Crippen LogP contribution in [0.5, 0.6) is 0 Å². The van der Waals surface area contributed by atoms with Crippen molar-refractivity contribution in [3.05, 3.63) is 21.9 Å². The number of nitrogens with zero attached hydrogens (tertiary/aromatic N) is 1. The number of carbonyl (C=O) groups excluding carboxylic acids is 3. The first-order valence-electron chi connectivity index (χ1n) is 5.78. The third-order valence-corrected chi connectivity index (χ3v) is 3.46. The van der Waals surface area contributed by atoms with Gasteiger partial charge in [-0.1, -0.05) is 58.0 Å². The second kappa shape index (κ2) is 8.21. The average molecular weight is 423 g/mol. The molecule has 1 aromatic rings. The van der Waals surface area contributed by atoms with E-state index in [1.54, 1.807) is 12.2 Å². The fourth-order valence-corrected chi connectivity index (χ4v) is 1.75. The van der Waals surface area contributed by atoms with Gasteiger partial charge in [0.05, 0.1) is 12.3 Å². The van der Waals surface area contributed by atoms with Crippen molar-refractivity contribution in [1.29, 1.82) is 0 Å². The number of anilines is 1. The Morgan fingerprint density at radius 1 is 1.26 bits per heavy atom. The van der Waals surface area contributed by atoms with Gasteiger partial charge >= 0.3 is 12.0 Å². The van der Waals surface area contributed by atoms with Crippen LogP contribution in [0.15, 0.2) is 6.20 Å². The van der Waals surface area contributed by atoms with E-state index in [1.165, 1.54) is 0 Å². The van der Waals surface area contributed by atoms with Gasteiger partial charge in [0.2, 0.25) is 0 Å². The van der Waals surface area contributed by atoms with Gasteiger partial charge in [0.1, 0.15) is 15.7 Å². The van der Waals surface area contributed by atoms with Crippen LogP contribution in [-0.2, 0) is 9.53 Å². The quantitative estimate of drug-likeness (QED) is 0.440. The molecule has 0 saturated carbocycles. The predicted octanol–water partition coefficient (Wildman–Crippen LogP) is 3.58. The summed E-state index contributed by atoms with van der Waals surface area (Å²) in [7, 11) is 0. The standard InChI is InChI=1S/C11H8Cl5N3O4/c1-2-23-8(20)4-3-17-7(13)5(12)6(4)18-10(22)19-9(21)11(14,15)16/h3H,2H2,1H3,(H2,17,18,19,21,22). The molecule has 2 N–H and O–H groups in total. The van der Waals surface area contributed by atoms with Crippen LogP contribution in [0.2, 0.25) is 10.2 Å². The summed E-state index contributed by atoms with van der Waals surface area (Å²) >= 11 is 27.6. The van der Waals surface area contributed by atoms with Crippen LogP contribution in [0.25, 0.3) is 0 Å². The molecule has 0 fully saturated rings. The van der Waals surface area contributed by atoms with E-state index >= 15 is 0 Å². The summed E-state index contributed by atoms with van der Waals surface area (Å²) in [5.41, 5.74) is -0.377. The minimum Gasteiger partial charge on any atom is -0.462 e. The van der Waals surface area contributed by atoms with E-state index in [0.29, 0.717) is 0 Å². The predicted molar refractivity (Wildman–Crippen MR) is 87.7 cm³/mol. The molecule has 23 heavy (non-hydrogen) atoms. The van der Waals surface area contributed by atoms with Gasteiger partial charge in [-0.3, -0.25) is 10.1 Å². The fraction of sp³-hybridized carbons (Fsp3) is 0.273. The number of aromatic nitrogens is 1. The lowest BCUT2D eigenvalue weighted by molar-refractivity contribution is -0.119. The topological polar surface area (TPSA) is 97.4 Å². The van der Waals surface area contributed by atoms with Crippen molar-refractivity contribution in [3.8, 4) is 0 Å². The lowest BCUT2D eigenvalue weighted by atomic mass is 10.2. The van der Waals surface area contributed by atoms with Gasteiger partial charge in [-0.25, -0.2) is 14.6 Å². The number of amides is 3. The molecular weight excluding hydrogens is 415 g/mol. The Balaban J connectivity index is 3.07. The zero-order chi connectivity index (χ0) is 17.8. The Morgan fingerprint density at radius 2 is 1.87 bits per heavy atom. The molecule has 1 rings (SSSR count). The average Bonchev–Trinajstić information content (AvgIpc) is 2.43. The van der Waals surface area contributed by atoms with Gasteiger partial charge < -0.3 is 10.1 Å². The molecule has 0 radical (unpaired) electrons. The molecule has 0 unspecified atom stereocenters. The van der Waals surface area contributed by atoms with Crippen molar-refractivity contribution in [2.75, 3.05) is 11.9 Å². The molecule has 0 saturated heterocycles. The van der Waals surface area contributed by atoms with Gasteiger partial charge in [-0.2, -0.15) is 0 Å². The Hall–Kier alpha value is -0.990. The number of carbonyl (C=O) groups is 3. The molecule has 1 aromatic heterocycles. The number of alkyl halides is 3. The van der Waals surface area contributed by atoms with Crippen molar-refractivity contribution in [1.82, 2.24) is 10.3 Å². The maximum Gasteiger partial charge on any atom is 0.341 e. The number of esters is 1. The lowest BCUT2D eigenvalue weighted by Gasteiger charge is -2.14. The summed E-state index contributed by atoms with van der Waals surface area (Å²) in [5, 5.41) is 3.51. The van der Waals surface area contributed by atoms with Gasteiger partial charge in [-0.05, 0) is 6.92 Å². The van der Waals surface area contributed by atoms with Gasteiger partial charge in [0.15, 0.2) is 0 Å². The van der Waals surface area contributed by atoms with E-state index in [-0.39, 0.29) is 28.0 Å². The fourth-order valence-electron chi connectivity index (χ4n) is 1.27. The normalized spacial score (nSPS) is 10.9. The lowest BCUT2D eigenvalue weighted by Crippen LogP contribution is -2.41. The molecule has 12 heteroatoms. The van der Waals surface area contributed by atoms with Gasteiger partial charge in [0, 0.05) is 6.20 Å². The minimum absolute atomic E-state index is 0.0798. The smallest absolute Gasteiger partial charge is 0.341 e. The van der Waals surface area contributed by atoms with Gasteiger partial charge in [0.25, 0.3) is 9.70 Å². The molecular formula is C11H8Cl5N3O4. The third-order valence-electron chi connectivity index (χ3n) is 2.20. The number of imide groups is 1. The highest BCUT2D eigenvalue weighted by atomic mass is 35.6. The molecule has 126 valence electrons. The van der Waals surface area contributed by atoms with E-state index in [0.717, 1.165) is 6.20 Å². The van der Waals surface area contributed by atoms with Crippen LogP contribution < -0.4 is 10.6 Å². The minimum atomic E-state index is -2.35. The SMILES string of the molecule is CCOC(=O)c1cnc(Cl)c(Cl)c1NC(=O)NC(=O)C(Cl)(Cl)Cl. The molecule has 3 amide bonds. The summed E-state index contributed by atoms with van der Waals surface area (Å²) in [6.07, 6.45) is 1.05. The monoisotopic (exact) mass is 421 g/mol. The Kier molecular flexibility index (Phi) is 7.16. The third kappa shape index (κ3) is 5.54. The van der Waals surface area contributed by atoms with Crippen LogP contribution in [0.1, 0.15) is 17.3 Å². The second-order valence-electron chi connectivity index (χ2n) is 3.78. The number of hydrogen-bond acceptors (Lipinski definition) is 5. The van der Waals surface area contributed by atoms with Crippen molar-refractivity contribution in [2.24, 2.45) is 0 Å². The number of hydrogen-bond donors (Lipinski definition) is 2. The summed E-state index contributed by atoms with van der Waals surface area (Å²) in [6, 6.07) is -1.10. The van der Waals surface area contributed by atoms with E-state index < -0.39 is 21.7 Å². The van der Waals surface area contributed by atoms with E-state index in [4.69, 9.17) is 62.7 Å². The van der Waals surface area contributed by atoms with Crippen LogP contribution >= 0.6 is 58.0 Å². The molecule has 0 spiro atoms. The van der Waals surface area contributed by atoms with Gasteiger partial charge in [-0.15, -0.1) is 0 Å². The number of rotatable bonds is 3. The van der Waals surface area contributed by atoms with Crippen LogP contribution in [0.3, 0.4) is 0 Å². The van der Waals surface area contributed by atoms with E-state index in [2.05, 4.69) is 10.3 Å². The second-order valence-corrected chi connectivity index (χ2v) is 6.80. The van der Waals surface area contributed by atoms with Crippen LogP contribution in [-0.4, -0.2) is 33.3 Å². The summed E-state index contributed by atoms with van der Waals surface area (Å²) in [4.78, 5) is 38.7. The molecule has 0 aliphatic carbocycles. The molecule has 1 heterocycles. The highest BCUT2D eigenvalue weighted by Gasteiger charge is 2.32. The van der Waals surface area contributed by atoms with Crippen molar-refractivity contribution in [3.63, 3.8) is 0 Å². The first-order valence-corrected chi connectivity index (χ1v) is 7.67. The number of nitrogens with one attached hydrogen (secondary N) is 2. The molecule has 0 bridgehead atoms. The number of urea groups is 1. The highest BCUT2D eigenvalue weighted by molar-refractivity contribution is 6.76. The van der Waals surface area contributed by atoms with Crippen LogP contribution in [0.4, 0.5) is 10.5 Å². The highest BCUT2D eigenvalue weighted by Crippen LogP contribution is 2.32. The summed E-state index contributed by atoms with van der Waals surface area (Å²) in [6.45, 7) is 1.67. The zero-order valence-electron chi connectivity index (χ0n) is 11.3. The Bertz CT molecular complexity index is 647. The van der Waals surface area contributed by atoms with E-state index in [9.17, 15) is 14.4 Å². The first-order chi connectivity index (χ1) is 10.6. The summed E-state index contributed by atoms with van der Waals surface area (Å²) < 4.78 is 2.45. The summed E-state index contributed by atoms with van der Waals surface area (Å²) in [5.74, 6) is -2.00. The maximum atomic E-state index is 11.8. The molecule has 7 nitrogen and oxygen atoms in total. The number of ether oxygens (including phenoxy) is 1. The molecule has 0 aliphatic heterocycles. The molecule has 0 atom stereocenters. The molecule has 0 aliphatic rings. The van der Waals surface area contributed by atoms with Crippen LogP contribution in [0, 0.1) is 0 Å². The van der Waals surface area contributed by atoms with Crippen molar-refractivity contribution in [2.45, 2.75) is 10.7 Å². The largest absolute Gasteiger partial charge is 0.462 e.